The summed E-state index contributed by atoms with van der Waals surface area (Å²) in [5, 5.41) is 0. The Kier molecular flexibility index (Phi) is 7.32. The van der Waals surface area contributed by atoms with Crippen LogP contribution in [0.5, 0.6) is 0 Å². The molecule has 2 rings (SSSR count). The van der Waals surface area contributed by atoms with Gasteiger partial charge >= 0.3 is 155 Å². The van der Waals surface area contributed by atoms with E-state index in [9.17, 15) is 4.79 Å². The fraction of sp³-hybridized carbons (Fsp3) is 0.118. The first kappa shape index (κ1) is 17.9. The van der Waals surface area contributed by atoms with Crippen LogP contribution < -0.4 is 4.46 Å². The number of hydrogen-bond acceptors (Lipinski definition) is 3. The number of carbonyl (C=O) groups is 1. The van der Waals surface area contributed by atoms with Crippen LogP contribution in [0.4, 0.5) is 0 Å². The second kappa shape index (κ2) is 8.99. The first-order chi connectivity index (χ1) is 10.7. The Hall–Kier alpha value is -0.451. The van der Waals surface area contributed by atoms with Gasteiger partial charge in [-0.15, -0.1) is 0 Å². The SMILES string of the molecule is CSC(SC)=C([Se]c1ccccc1)C(=O)c1cccc(Br)c1. The molecule has 0 atom stereocenters. The summed E-state index contributed by atoms with van der Waals surface area (Å²) < 4.78 is 4.18. The predicted octanol–water partition coefficient (Wildman–Crippen LogP) is 4.56. The number of benzene rings is 2. The van der Waals surface area contributed by atoms with Crippen molar-refractivity contribution in [1.82, 2.24) is 0 Å². The van der Waals surface area contributed by atoms with Gasteiger partial charge in [0.15, 0.2) is 0 Å². The zero-order valence-corrected chi connectivity index (χ0v) is 17.1. The molecule has 0 spiro atoms. The molecule has 2 aromatic rings. The summed E-state index contributed by atoms with van der Waals surface area (Å²) in [5.74, 6) is 0.129. The minimum absolute atomic E-state index is 0.00200. The van der Waals surface area contributed by atoms with Crippen molar-refractivity contribution in [2.45, 2.75) is 0 Å². The van der Waals surface area contributed by atoms with Gasteiger partial charge in [-0.3, -0.25) is 0 Å². The number of halogens is 1. The van der Waals surface area contributed by atoms with E-state index < -0.39 is 0 Å². The standard InChI is InChI=1S/C17H15BrOS2Se/c1-20-17(21-2)16(22-14-9-4-3-5-10-14)15(19)12-7-6-8-13(18)11-12/h3-11H,1-2H3. The summed E-state index contributed by atoms with van der Waals surface area (Å²) in [6.07, 6.45) is 4.06. The summed E-state index contributed by atoms with van der Waals surface area (Å²) >= 11 is 6.75. The van der Waals surface area contributed by atoms with Crippen molar-refractivity contribution >= 4 is 64.7 Å². The van der Waals surface area contributed by atoms with Crippen LogP contribution in [0.15, 0.2) is 67.8 Å². The monoisotopic (exact) mass is 458 g/mol. The number of hydrogen-bond donors (Lipinski definition) is 0. The molecule has 22 heavy (non-hydrogen) atoms. The molecule has 0 aliphatic carbocycles. The number of allylic oxidation sites excluding steroid dienone is 1. The van der Waals surface area contributed by atoms with Crippen LogP contribution in [0.3, 0.4) is 0 Å². The molecule has 0 unspecified atom stereocenters. The number of rotatable bonds is 6. The Balaban J connectivity index is 2.41. The van der Waals surface area contributed by atoms with E-state index in [1.807, 2.05) is 55.0 Å². The molecule has 0 aromatic heterocycles. The summed E-state index contributed by atoms with van der Waals surface area (Å²) in [4.78, 5) is 13.0. The van der Waals surface area contributed by atoms with Crippen LogP contribution in [-0.4, -0.2) is 33.3 Å². The van der Waals surface area contributed by atoms with E-state index in [0.717, 1.165) is 18.7 Å². The fourth-order valence-corrected chi connectivity index (χ4v) is 6.65. The van der Waals surface area contributed by atoms with Gasteiger partial charge < -0.3 is 0 Å². The Morgan fingerprint density at radius 2 is 1.68 bits per heavy atom. The van der Waals surface area contributed by atoms with E-state index in [0.29, 0.717) is 0 Å². The van der Waals surface area contributed by atoms with E-state index in [4.69, 9.17) is 0 Å². The molecule has 1 nitrogen and oxygen atoms in total. The first-order valence-corrected chi connectivity index (χ1v) is 11.5. The van der Waals surface area contributed by atoms with Crippen molar-refractivity contribution in [1.29, 1.82) is 0 Å². The van der Waals surface area contributed by atoms with E-state index in [-0.39, 0.29) is 20.7 Å². The molecule has 0 fully saturated rings. The van der Waals surface area contributed by atoms with Crippen LogP contribution in [0, 0.1) is 0 Å². The van der Waals surface area contributed by atoms with Gasteiger partial charge in [-0.05, 0) is 0 Å². The Bertz CT molecular complexity index is 680. The molecule has 0 aliphatic heterocycles. The topological polar surface area (TPSA) is 17.1 Å². The van der Waals surface area contributed by atoms with Gasteiger partial charge in [-0.25, -0.2) is 0 Å². The van der Waals surface area contributed by atoms with Gasteiger partial charge in [-0.2, -0.15) is 0 Å². The second-order valence-electron chi connectivity index (χ2n) is 4.28. The van der Waals surface area contributed by atoms with Crippen LogP contribution >= 0.6 is 39.5 Å². The van der Waals surface area contributed by atoms with E-state index >= 15 is 0 Å². The summed E-state index contributed by atoms with van der Waals surface area (Å²) in [6, 6.07) is 17.8. The molecule has 5 heteroatoms. The number of Topliss-reactive ketones (excluding diaryl/α,β-unsaturated/α-hetero) is 1. The maximum atomic E-state index is 13.0. The van der Waals surface area contributed by atoms with E-state index in [1.54, 1.807) is 23.5 Å². The van der Waals surface area contributed by atoms with Gasteiger partial charge in [0.1, 0.15) is 0 Å². The first-order valence-electron chi connectivity index (χ1n) is 6.51. The summed E-state index contributed by atoms with van der Waals surface area (Å²) in [6.45, 7) is 0. The Morgan fingerprint density at radius 3 is 2.27 bits per heavy atom. The number of thioether (sulfide) groups is 2. The van der Waals surface area contributed by atoms with Crippen molar-refractivity contribution in [3.63, 3.8) is 0 Å². The molecule has 2 aromatic carbocycles. The van der Waals surface area contributed by atoms with Crippen LogP contribution in [0.25, 0.3) is 0 Å². The molecular formula is C17H15BrOS2Se. The normalized spacial score (nSPS) is 10.3. The number of ketones is 1. The average Bonchev–Trinajstić information content (AvgIpc) is 2.55. The van der Waals surface area contributed by atoms with Crippen molar-refractivity contribution in [2.24, 2.45) is 0 Å². The predicted molar refractivity (Wildman–Crippen MR) is 104 cm³/mol. The Labute approximate surface area is 154 Å². The summed E-state index contributed by atoms with van der Waals surface area (Å²) in [7, 11) is 0. The van der Waals surface area contributed by atoms with Gasteiger partial charge in [0.05, 0.1) is 0 Å². The zero-order chi connectivity index (χ0) is 15.9. The molecule has 0 amide bonds. The minimum atomic E-state index is 0.00200. The molecule has 0 bridgehead atoms. The van der Waals surface area contributed by atoms with Crippen LogP contribution in [0.1, 0.15) is 10.4 Å². The second-order valence-corrected chi connectivity index (χ2v) is 9.36. The van der Waals surface area contributed by atoms with E-state index in [1.165, 1.54) is 4.46 Å². The van der Waals surface area contributed by atoms with Gasteiger partial charge in [0.2, 0.25) is 0 Å². The van der Waals surface area contributed by atoms with Gasteiger partial charge in [0.25, 0.3) is 0 Å². The van der Waals surface area contributed by atoms with Crippen molar-refractivity contribution in [3.05, 3.63) is 73.3 Å². The molecular weight excluding hydrogens is 443 g/mol. The molecule has 0 aliphatic rings. The van der Waals surface area contributed by atoms with Gasteiger partial charge in [-0.1, -0.05) is 0 Å². The number of carbonyl (C=O) groups excluding carboxylic acids is 1. The third kappa shape index (κ3) is 4.77. The van der Waals surface area contributed by atoms with Crippen LogP contribution in [-0.2, 0) is 0 Å². The van der Waals surface area contributed by atoms with E-state index in [2.05, 4.69) is 28.1 Å². The summed E-state index contributed by atoms with van der Waals surface area (Å²) in [5.41, 5.74) is 0.739. The average molecular weight is 458 g/mol. The third-order valence-electron chi connectivity index (χ3n) is 2.81. The molecule has 0 radical (unpaired) electrons. The van der Waals surface area contributed by atoms with Crippen molar-refractivity contribution < 1.29 is 4.79 Å². The van der Waals surface area contributed by atoms with Crippen LogP contribution in [0.2, 0.25) is 0 Å². The zero-order valence-electron chi connectivity index (χ0n) is 12.2. The van der Waals surface area contributed by atoms with Crippen molar-refractivity contribution in [2.75, 3.05) is 12.5 Å². The molecule has 114 valence electrons. The Morgan fingerprint density at radius 1 is 1.00 bits per heavy atom. The molecule has 0 saturated heterocycles. The van der Waals surface area contributed by atoms with Gasteiger partial charge in [0, 0.05) is 0 Å². The molecule has 0 heterocycles. The molecule has 0 saturated carbocycles. The maximum absolute atomic E-state index is 13.0. The molecule has 0 N–H and O–H groups in total. The van der Waals surface area contributed by atoms with Crippen molar-refractivity contribution in [3.8, 4) is 0 Å². The quantitative estimate of drug-likeness (QED) is 0.359. The fourth-order valence-electron chi connectivity index (χ4n) is 1.82. The third-order valence-corrected chi connectivity index (χ3v) is 8.35.